The first kappa shape index (κ1) is 16.6. The Bertz CT molecular complexity index is 983. The maximum absolute atomic E-state index is 12.0. The van der Waals surface area contributed by atoms with Crippen molar-refractivity contribution in [2.45, 2.75) is 6.54 Å². The number of hydrogen-bond donors (Lipinski definition) is 1. The summed E-state index contributed by atoms with van der Waals surface area (Å²) in [6, 6.07) is 11.4. The zero-order valence-electron chi connectivity index (χ0n) is 12.8. The zero-order valence-corrected chi connectivity index (χ0v) is 13.6. The second kappa shape index (κ2) is 7.10. The number of non-ortho nitro benzene ring substituents is 1. The summed E-state index contributed by atoms with van der Waals surface area (Å²) < 4.78 is 1.69. The maximum Gasteiger partial charge on any atom is 0.270 e. The molecule has 25 heavy (non-hydrogen) atoms. The summed E-state index contributed by atoms with van der Waals surface area (Å²) in [6.45, 7) is 0.0422. The van der Waals surface area contributed by atoms with Crippen molar-refractivity contribution in [3.05, 3.63) is 69.5 Å². The monoisotopic (exact) mass is 357 g/mol. The van der Waals surface area contributed by atoms with E-state index in [1.54, 1.807) is 10.9 Å². The number of rotatable bonds is 5. The van der Waals surface area contributed by atoms with Crippen molar-refractivity contribution in [1.29, 1.82) is 0 Å². The van der Waals surface area contributed by atoms with E-state index in [1.807, 2.05) is 24.3 Å². The van der Waals surface area contributed by atoms with Gasteiger partial charge in [-0.05, 0) is 18.2 Å². The topological polar surface area (TPSA) is 102 Å². The Morgan fingerprint density at radius 2 is 2.16 bits per heavy atom. The lowest BCUT2D eigenvalue weighted by Gasteiger charge is -2.03. The molecule has 3 aromatic rings. The molecule has 0 radical (unpaired) electrons. The first-order valence-electron chi connectivity index (χ1n) is 7.20. The molecule has 0 saturated carbocycles. The lowest BCUT2D eigenvalue weighted by atomic mass is 10.2. The average Bonchev–Trinajstić information content (AvgIpc) is 2.99. The number of para-hydroxylation sites is 2. The van der Waals surface area contributed by atoms with E-state index in [9.17, 15) is 14.9 Å². The second-order valence-corrected chi connectivity index (χ2v) is 5.52. The fraction of sp³-hybridized carbons (Fsp3) is 0.0625. The normalized spacial score (nSPS) is 11.1. The van der Waals surface area contributed by atoms with E-state index in [0.717, 1.165) is 11.0 Å². The third kappa shape index (κ3) is 3.81. The molecule has 0 unspecified atom stereocenters. The van der Waals surface area contributed by atoms with Crippen LogP contribution in [0.15, 0.2) is 53.9 Å². The van der Waals surface area contributed by atoms with Crippen LogP contribution in [0.3, 0.4) is 0 Å². The molecule has 3 rings (SSSR count). The smallest absolute Gasteiger partial charge is 0.270 e. The molecule has 126 valence electrons. The number of nitrogens with zero attached hydrogens (tertiary/aromatic N) is 4. The van der Waals surface area contributed by atoms with E-state index < -0.39 is 4.92 Å². The first-order valence-corrected chi connectivity index (χ1v) is 7.58. The van der Waals surface area contributed by atoms with E-state index in [1.165, 1.54) is 24.4 Å². The Morgan fingerprint density at radius 3 is 2.96 bits per heavy atom. The molecule has 0 atom stereocenters. The fourth-order valence-electron chi connectivity index (χ4n) is 2.24. The summed E-state index contributed by atoms with van der Waals surface area (Å²) >= 11 is 5.96. The second-order valence-electron chi connectivity index (χ2n) is 5.12. The summed E-state index contributed by atoms with van der Waals surface area (Å²) in [5.74, 6) is -0.360. The molecule has 1 heterocycles. The molecule has 0 spiro atoms. The average molecular weight is 358 g/mol. The van der Waals surface area contributed by atoms with E-state index in [4.69, 9.17) is 11.6 Å². The van der Waals surface area contributed by atoms with Crippen molar-refractivity contribution in [2.75, 3.05) is 0 Å². The number of hydrazone groups is 1. The van der Waals surface area contributed by atoms with Gasteiger partial charge in [-0.15, -0.1) is 0 Å². The van der Waals surface area contributed by atoms with Gasteiger partial charge in [0.15, 0.2) is 0 Å². The van der Waals surface area contributed by atoms with Gasteiger partial charge in [0.25, 0.3) is 11.6 Å². The molecule has 0 aliphatic heterocycles. The van der Waals surface area contributed by atoms with Crippen LogP contribution in [-0.2, 0) is 11.3 Å². The molecule has 1 aromatic heterocycles. The standard InChI is InChI=1S/C16H12ClN5O3/c17-13-6-5-12(22(24)25)7-11(13)8-19-20-16(23)9-21-10-18-14-3-1-2-4-15(14)21/h1-8,10H,9H2,(H,20,23)/b19-8-. The minimum atomic E-state index is -0.531. The summed E-state index contributed by atoms with van der Waals surface area (Å²) in [4.78, 5) is 26.4. The number of halogens is 1. The number of imidazole rings is 1. The van der Waals surface area contributed by atoms with Gasteiger partial charge in [-0.2, -0.15) is 5.10 Å². The van der Waals surface area contributed by atoms with Gasteiger partial charge in [-0.1, -0.05) is 23.7 Å². The van der Waals surface area contributed by atoms with Crippen LogP contribution in [0.2, 0.25) is 5.02 Å². The first-order chi connectivity index (χ1) is 12.0. The van der Waals surface area contributed by atoms with Crippen LogP contribution in [0, 0.1) is 10.1 Å². The minimum Gasteiger partial charge on any atom is -0.321 e. The van der Waals surface area contributed by atoms with Crippen LogP contribution in [0.25, 0.3) is 11.0 Å². The van der Waals surface area contributed by atoms with Crippen molar-refractivity contribution in [3.63, 3.8) is 0 Å². The molecule has 0 saturated heterocycles. The SMILES string of the molecule is O=C(Cn1cnc2ccccc21)N/N=C\c1cc([N+](=O)[O-])ccc1Cl. The lowest BCUT2D eigenvalue weighted by Crippen LogP contribution is -2.22. The highest BCUT2D eigenvalue weighted by molar-refractivity contribution is 6.33. The van der Waals surface area contributed by atoms with Crippen molar-refractivity contribution < 1.29 is 9.72 Å². The third-order valence-corrected chi connectivity index (χ3v) is 3.77. The van der Waals surface area contributed by atoms with Gasteiger partial charge in [0.1, 0.15) is 6.54 Å². The number of aromatic nitrogens is 2. The summed E-state index contributed by atoms with van der Waals surface area (Å²) in [6.07, 6.45) is 2.84. The third-order valence-electron chi connectivity index (χ3n) is 3.42. The van der Waals surface area contributed by atoms with Crippen molar-refractivity contribution in [3.8, 4) is 0 Å². The Labute approximate surface area is 146 Å². The molecule has 8 nitrogen and oxygen atoms in total. The molecule has 9 heteroatoms. The number of benzene rings is 2. The number of amides is 1. The largest absolute Gasteiger partial charge is 0.321 e. The van der Waals surface area contributed by atoms with Crippen molar-refractivity contribution in [1.82, 2.24) is 15.0 Å². The van der Waals surface area contributed by atoms with Gasteiger partial charge >= 0.3 is 0 Å². The van der Waals surface area contributed by atoms with Crippen LogP contribution in [0.4, 0.5) is 5.69 Å². The van der Waals surface area contributed by atoms with E-state index in [2.05, 4.69) is 15.5 Å². The fourth-order valence-corrected chi connectivity index (χ4v) is 2.41. The molecule has 0 aliphatic carbocycles. The number of nitro benzene ring substituents is 1. The molecule has 0 fully saturated rings. The number of hydrogen-bond acceptors (Lipinski definition) is 5. The minimum absolute atomic E-state index is 0.0422. The van der Waals surface area contributed by atoms with Crippen molar-refractivity contribution >= 4 is 40.4 Å². The zero-order chi connectivity index (χ0) is 17.8. The number of carbonyl (C=O) groups is 1. The van der Waals surface area contributed by atoms with Crippen LogP contribution in [0.5, 0.6) is 0 Å². The van der Waals surface area contributed by atoms with Crippen LogP contribution >= 0.6 is 11.6 Å². The highest BCUT2D eigenvalue weighted by Gasteiger charge is 2.09. The predicted molar refractivity (Wildman–Crippen MR) is 93.6 cm³/mol. The summed E-state index contributed by atoms with van der Waals surface area (Å²) in [5.41, 5.74) is 4.22. The Balaban J connectivity index is 1.67. The number of fused-ring (bicyclic) bond motifs is 1. The van der Waals surface area contributed by atoms with E-state index >= 15 is 0 Å². The number of carbonyl (C=O) groups excluding carboxylic acids is 1. The van der Waals surface area contributed by atoms with E-state index in [0.29, 0.717) is 10.6 Å². The number of nitrogens with one attached hydrogen (secondary N) is 1. The highest BCUT2D eigenvalue weighted by atomic mass is 35.5. The van der Waals surface area contributed by atoms with Crippen LogP contribution in [0.1, 0.15) is 5.56 Å². The molecule has 2 aromatic carbocycles. The van der Waals surface area contributed by atoms with Gasteiger partial charge in [-0.25, -0.2) is 10.4 Å². The molecular weight excluding hydrogens is 346 g/mol. The van der Waals surface area contributed by atoms with Crippen LogP contribution < -0.4 is 5.43 Å². The van der Waals surface area contributed by atoms with Crippen LogP contribution in [-0.4, -0.2) is 26.6 Å². The highest BCUT2D eigenvalue weighted by Crippen LogP contribution is 2.20. The lowest BCUT2D eigenvalue weighted by molar-refractivity contribution is -0.384. The molecule has 0 aliphatic rings. The molecule has 1 N–H and O–H groups in total. The van der Waals surface area contributed by atoms with E-state index in [-0.39, 0.29) is 18.1 Å². The Hall–Kier alpha value is -3.26. The van der Waals surface area contributed by atoms with Gasteiger partial charge in [0, 0.05) is 22.7 Å². The maximum atomic E-state index is 12.0. The summed E-state index contributed by atoms with van der Waals surface area (Å²) in [7, 11) is 0. The molecule has 1 amide bonds. The number of nitro groups is 1. The quantitative estimate of drug-likeness (QED) is 0.431. The van der Waals surface area contributed by atoms with Gasteiger partial charge in [0.2, 0.25) is 0 Å². The van der Waals surface area contributed by atoms with Gasteiger partial charge in [0.05, 0.1) is 28.5 Å². The molecule has 0 bridgehead atoms. The summed E-state index contributed by atoms with van der Waals surface area (Å²) in [5, 5.41) is 14.9. The Morgan fingerprint density at radius 1 is 1.36 bits per heavy atom. The van der Waals surface area contributed by atoms with Gasteiger partial charge < -0.3 is 4.57 Å². The van der Waals surface area contributed by atoms with Gasteiger partial charge in [-0.3, -0.25) is 14.9 Å². The predicted octanol–water partition coefficient (Wildman–Crippen LogP) is 2.75. The Kier molecular flexibility index (Phi) is 4.71. The molecular formula is C16H12ClN5O3. The van der Waals surface area contributed by atoms with Crippen molar-refractivity contribution in [2.24, 2.45) is 5.10 Å².